The molecule has 0 aliphatic heterocycles. The van der Waals surface area contributed by atoms with Gasteiger partial charge < -0.3 is 19.8 Å². The van der Waals surface area contributed by atoms with Gasteiger partial charge in [0.25, 0.3) is 0 Å². The smallest absolute Gasteiger partial charge is 0.216 e. The predicted octanol–water partition coefficient (Wildman–Crippen LogP) is 1.88. The molecule has 0 spiro atoms. The third-order valence-electron chi connectivity index (χ3n) is 3.68. The number of guanidine groups is 1. The molecule has 0 atom stereocenters. The molecule has 24 heavy (non-hydrogen) atoms. The SMILES string of the molecule is CCNC(=NCc1c(CC)nn(C)c1OC)NCCc1ccco1. The molecule has 0 aliphatic rings. The van der Waals surface area contributed by atoms with Crippen molar-refractivity contribution in [1.29, 1.82) is 0 Å². The van der Waals surface area contributed by atoms with Crippen LogP contribution in [0.4, 0.5) is 0 Å². The second-order valence-corrected chi connectivity index (χ2v) is 5.36. The van der Waals surface area contributed by atoms with E-state index in [1.165, 1.54) is 0 Å². The fourth-order valence-electron chi connectivity index (χ4n) is 2.56. The number of methoxy groups -OCH3 is 1. The minimum absolute atomic E-state index is 0.524. The van der Waals surface area contributed by atoms with E-state index >= 15 is 0 Å². The van der Waals surface area contributed by atoms with Gasteiger partial charge in [-0.05, 0) is 25.5 Å². The first-order chi connectivity index (χ1) is 11.7. The Hall–Kier alpha value is -2.44. The first-order valence-corrected chi connectivity index (χ1v) is 8.32. The summed E-state index contributed by atoms with van der Waals surface area (Å²) < 4.78 is 12.6. The zero-order valence-electron chi connectivity index (χ0n) is 14.9. The largest absolute Gasteiger partial charge is 0.481 e. The lowest BCUT2D eigenvalue weighted by molar-refractivity contribution is 0.369. The molecule has 0 amide bonds. The second kappa shape index (κ2) is 9.00. The van der Waals surface area contributed by atoms with Crippen molar-refractivity contribution in [1.82, 2.24) is 20.4 Å². The molecule has 7 nitrogen and oxygen atoms in total. The molecule has 0 saturated heterocycles. The molecule has 2 aromatic heterocycles. The maximum atomic E-state index is 5.46. The fraction of sp³-hybridized carbons (Fsp3) is 0.529. The highest BCUT2D eigenvalue weighted by molar-refractivity contribution is 5.79. The highest BCUT2D eigenvalue weighted by Crippen LogP contribution is 2.22. The number of rotatable bonds is 8. The first kappa shape index (κ1) is 17.9. The molecule has 0 radical (unpaired) electrons. The second-order valence-electron chi connectivity index (χ2n) is 5.36. The number of nitrogens with zero attached hydrogens (tertiary/aromatic N) is 3. The van der Waals surface area contributed by atoms with Crippen LogP contribution in [-0.2, 0) is 26.4 Å². The number of aliphatic imine (C=N–C) groups is 1. The number of ether oxygens (including phenoxy) is 1. The van der Waals surface area contributed by atoms with E-state index in [2.05, 4.69) is 27.6 Å². The Morgan fingerprint density at radius 3 is 2.83 bits per heavy atom. The Morgan fingerprint density at radius 2 is 2.21 bits per heavy atom. The van der Waals surface area contributed by atoms with Crippen molar-refractivity contribution in [3.63, 3.8) is 0 Å². The highest BCUT2D eigenvalue weighted by atomic mass is 16.5. The number of hydrogen-bond donors (Lipinski definition) is 2. The summed E-state index contributed by atoms with van der Waals surface area (Å²) in [7, 11) is 3.55. The summed E-state index contributed by atoms with van der Waals surface area (Å²) in [6.45, 7) is 6.21. The van der Waals surface area contributed by atoms with Gasteiger partial charge in [0.1, 0.15) is 5.76 Å². The van der Waals surface area contributed by atoms with Crippen molar-refractivity contribution in [2.45, 2.75) is 33.2 Å². The molecule has 0 fully saturated rings. The van der Waals surface area contributed by atoms with Gasteiger partial charge in [0.15, 0.2) is 5.96 Å². The van der Waals surface area contributed by atoms with Crippen LogP contribution in [0.15, 0.2) is 27.8 Å². The van der Waals surface area contributed by atoms with Gasteiger partial charge in [-0.1, -0.05) is 6.92 Å². The van der Waals surface area contributed by atoms with Crippen LogP contribution in [0.25, 0.3) is 0 Å². The van der Waals surface area contributed by atoms with E-state index in [0.717, 1.165) is 54.8 Å². The number of hydrogen-bond acceptors (Lipinski definition) is 4. The van der Waals surface area contributed by atoms with Crippen LogP contribution in [0.2, 0.25) is 0 Å². The van der Waals surface area contributed by atoms with E-state index < -0.39 is 0 Å². The van der Waals surface area contributed by atoms with E-state index in [-0.39, 0.29) is 0 Å². The molecule has 0 aliphatic carbocycles. The molecule has 0 unspecified atom stereocenters. The van der Waals surface area contributed by atoms with Gasteiger partial charge in [0.05, 0.1) is 31.2 Å². The van der Waals surface area contributed by atoms with Crippen molar-refractivity contribution in [3.8, 4) is 5.88 Å². The van der Waals surface area contributed by atoms with E-state index in [1.54, 1.807) is 18.1 Å². The minimum Gasteiger partial charge on any atom is -0.481 e. The van der Waals surface area contributed by atoms with Crippen molar-refractivity contribution < 1.29 is 9.15 Å². The van der Waals surface area contributed by atoms with Crippen LogP contribution in [0.5, 0.6) is 5.88 Å². The van der Waals surface area contributed by atoms with Crippen LogP contribution < -0.4 is 15.4 Å². The first-order valence-electron chi connectivity index (χ1n) is 8.32. The van der Waals surface area contributed by atoms with Gasteiger partial charge in [0, 0.05) is 26.6 Å². The van der Waals surface area contributed by atoms with Crippen molar-refractivity contribution in [2.24, 2.45) is 12.0 Å². The quantitative estimate of drug-likeness (QED) is 0.570. The van der Waals surface area contributed by atoms with E-state index in [4.69, 9.17) is 9.15 Å². The summed E-state index contributed by atoms with van der Waals surface area (Å²) in [6, 6.07) is 3.87. The van der Waals surface area contributed by atoms with Gasteiger partial charge in [-0.15, -0.1) is 0 Å². The van der Waals surface area contributed by atoms with Crippen molar-refractivity contribution in [3.05, 3.63) is 35.4 Å². The zero-order chi connectivity index (χ0) is 17.4. The van der Waals surface area contributed by atoms with Crippen LogP contribution in [0.3, 0.4) is 0 Å². The van der Waals surface area contributed by atoms with Gasteiger partial charge >= 0.3 is 0 Å². The zero-order valence-corrected chi connectivity index (χ0v) is 14.9. The molecule has 132 valence electrons. The summed E-state index contributed by atoms with van der Waals surface area (Å²) >= 11 is 0. The topological polar surface area (TPSA) is 76.6 Å². The predicted molar refractivity (Wildman–Crippen MR) is 94.4 cm³/mol. The van der Waals surface area contributed by atoms with Crippen LogP contribution >= 0.6 is 0 Å². The summed E-state index contributed by atoms with van der Waals surface area (Å²) in [4.78, 5) is 4.66. The molecule has 2 N–H and O–H groups in total. The molecule has 0 saturated carbocycles. The lowest BCUT2D eigenvalue weighted by Crippen LogP contribution is -2.38. The standard InChI is InChI=1S/C17H27N5O2/c1-5-15-14(16(23-4)22(3)21-15)12-20-17(18-6-2)19-10-9-13-8-7-11-24-13/h7-8,11H,5-6,9-10,12H2,1-4H3,(H2,18,19,20). The minimum atomic E-state index is 0.524. The van der Waals surface area contributed by atoms with E-state index in [0.29, 0.717) is 6.54 Å². The van der Waals surface area contributed by atoms with E-state index in [1.807, 2.05) is 26.1 Å². The lowest BCUT2D eigenvalue weighted by atomic mass is 10.2. The Bertz CT molecular complexity index is 646. The monoisotopic (exact) mass is 333 g/mol. The third-order valence-corrected chi connectivity index (χ3v) is 3.68. The maximum Gasteiger partial charge on any atom is 0.216 e. The van der Waals surface area contributed by atoms with Gasteiger partial charge in [-0.25, -0.2) is 9.67 Å². The Morgan fingerprint density at radius 1 is 1.38 bits per heavy atom. The summed E-state index contributed by atoms with van der Waals surface area (Å²) in [6.07, 6.45) is 3.36. The fourth-order valence-corrected chi connectivity index (χ4v) is 2.56. The van der Waals surface area contributed by atoms with Crippen LogP contribution in [0.1, 0.15) is 30.9 Å². The third kappa shape index (κ3) is 4.53. The summed E-state index contributed by atoms with van der Waals surface area (Å²) in [5.74, 6) is 2.50. The molecule has 0 aromatic carbocycles. The molecule has 2 heterocycles. The van der Waals surface area contributed by atoms with Gasteiger partial charge in [0.2, 0.25) is 5.88 Å². The lowest BCUT2D eigenvalue weighted by Gasteiger charge is -2.11. The summed E-state index contributed by atoms with van der Waals surface area (Å²) in [5, 5.41) is 11.1. The van der Waals surface area contributed by atoms with Gasteiger partial charge in [-0.3, -0.25) is 0 Å². The number of aryl methyl sites for hydroxylation is 2. The average Bonchev–Trinajstić information content (AvgIpc) is 3.19. The number of nitrogens with one attached hydrogen (secondary N) is 2. The van der Waals surface area contributed by atoms with Gasteiger partial charge in [-0.2, -0.15) is 5.10 Å². The van der Waals surface area contributed by atoms with Crippen LogP contribution in [0, 0.1) is 0 Å². The van der Waals surface area contributed by atoms with Crippen LogP contribution in [-0.4, -0.2) is 35.9 Å². The van der Waals surface area contributed by atoms with Crippen molar-refractivity contribution in [2.75, 3.05) is 20.2 Å². The Balaban J connectivity index is 2.02. The Kier molecular flexibility index (Phi) is 6.72. The molecule has 7 heteroatoms. The Labute approximate surface area is 143 Å². The molecular weight excluding hydrogens is 306 g/mol. The average molecular weight is 333 g/mol. The normalized spacial score (nSPS) is 11.6. The molecule has 2 rings (SSSR count). The molecule has 0 bridgehead atoms. The molecular formula is C17H27N5O2. The highest BCUT2D eigenvalue weighted by Gasteiger charge is 2.15. The van der Waals surface area contributed by atoms with E-state index in [9.17, 15) is 0 Å². The number of aromatic nitrogens is 2. The maximum absolute atomic E-state index is 5.46. The van der Waals surface area contributed by atoms with Crippen molar-refractivity contribution >= 4 is 5.96 Å². The summed E-state index contributed by atoms with van der Waals surface area (Å²) in [5.41, 5.74) is 2.05. The number of furan rings is 1. The molecule has 2 aromatic rings.